The van der Waals surface area contributed by atoms with Crippen LogP contribution in [-0.2, 0) is 23.3 Å². The summed E-state index contributed by atoms with van der Waals surface area (Å²) in [6.45, 7) is 13.8. The number of nitrogens with zero attached hydrogens (tertiary/aromatic N) is 3. The maximum Gasteiger partial charge on any atom is 0.145 e. The Morgan fingerprint density at radius 3 is 1.52 bits per heavy atom. The van der Waals surface area contributed by atoms with E-state index < -0.39 is 5.41 Å². The van der Waals surface area contributed by atoms with Gasteiger partial charge >= 0.3 is 0 Å². The molecular weight excluding hydrogens is 1040 g/mol. The first-order valence-corrected chi connectivity index (χ1v) is 30.5. The molecule has 86 heavy (non-hydrogen) atoms. The summed E-state index contributed by atoms with van der Waals surface area (Å²) in [5.41, 5.74) is 27.5. The summed E-state index contributed by atoms with van der Waals surface area (Å²) in [7, 11) is 2.28. The van der Waals surface area contributed by atoms with E-state index in [0.717, 1.165) is 68.8 Å². The minimum Gasteiger partial charge on any atom is -0.455 e. The van der Waals surface area contributed by atoms with Gasteiger partial charge in [0.25, 0.3) is 0 Å². The minimum absolute atomic E-state index is 0.0171. The van der Waals surface area contributed by atoms with Gasteiger partial charge in [-0.15, -0.1) is 0 Å². The summed E-state index contributed by atoms with van der Waals surface area (Å²) in [5.74, 6) is 0. The highest BCUT2D eigenvalue weighted by Gasteiger charge is 2.54. The number of aromatic nitrogens is 1. The van der Waals surface area contributed by atoms with Gasteiger partial charge in [0.2, 0.25) is 0 Å². The lowest BCUT2D eigenvalue weighted by molar-refractivity contribution is 0.590. The van der Waals surface area contributed by atoms with Crippen LogP contribution in [0.5, 0.6) is 0 Å². The Morgan fingerprint density at radius 1 is 0.419 bits per heavy atom. The summed E-state index contributed by atoms with van der Waals surface area (Å²) in [5, 5.41) is 4.60. The molecule has 1 spiro atoms. The first kappa shape index (κ1) is 51.7. The highest BCUT2D eigenvalue weighted by Crippen LogP contribution is 2.68. The van der Waals surface area contributed by atoms with Crippen LogP contribution in [0, 0.1) is 0 Å². The monoisotopic (exact) mass is 1110 g/mol. The van der Waals surface area contributed by atoms with E-state index in [1.165, 1.54) is 99.8 Å². The quantitative estimate of drug-likeness (QED) is 0.152. The molecule has 416 valence electrons. The topological polar surface area (TPSA) is 24.6 Å². The predicted octanol–water partition coefficient (Wildman–Crippen LogP) is 22.2. The van der Waals surface area contributed by atoms with Crippen LogP contribution in [0.4, 0.5) is 28.4 Å². The molecule has 0 unspecified atom stereocenters. The molecule has 0 atom stereocenters. The van der Waals surface area contributed by atoms with Gasteiger partial charge < -0.3 is 18.8 Å². The zero-order chi connectivity index (χ0) is 58.2. The van der Waals surface area contributed by atoms with Crippen molar-refractivity contribution in [2.75, 3.05) is 9.80 Å². The molecule has 4 nitrogen and oxygen atoms in total. The molecule has 4 heteroatoms. The van der Waals surface area contributed by atoms with E-state index in [4.69, 9.17) is 4.42 Å². The third-order valence-electron chi connectivity index (χ3n) is 19.0. The standard InChI is InChI=1S/C82H67N3O/c1-80(2,3)56-38-46-60(47-39-56)84(58-42-34-54(35-43-58)52-22-10-8-11-23-52)71-50-69-77(79-74(71)65-29-17-21-33-73(65)86-79)76-68(82(69)66-30-18-14-26-62(66)63-27-15-19-31-67(63)82)51-72(78-75(76)64-28-16-20-32-70(64)83(78)7)85(61-48-40-57(41-49-61)81(4,5)6)59-44-36-55(37-45-59)53-24-12-9-13-25-53/h8-36,38-44,46-51H,37,45H2,1-7H3. The SMILES string of the molecule is Cn1c2ccccc2c2c3c(cc(N(C4=CC=C(c5ccccc5)CC4)c4ccc(C(C)(C)C)cc4)c21)C1(c2ccccc2-c2ccccc21)c1cc(N(c2ccc(-c4ccccc4)cc2)c2ccc(C(C)(C)C)cc2)c2c(oc4ccccc42)c1-3. The molecule has 2 aromatic heterocycles. The van der Waals surface area contributed by atoms with Crippen LogP contribution in [0.15, 0.2) is 265 Å². The summed E-state index contributed by atoms with van der Waals surface area (Å²) >= 11 is 0. The van der Waals surface area contributed by atoms with Gasteiger partial charge in [-0.2, -0.15) is 0 Å². The summed E-state index contributed by atoms with van der Waals surface area (Å²) in [6, 6.07) is 91.0. The minimum atomic E-state index is -0.790. The van der Waals surface area contributed by atoms with Gasteiger partial charge in [-0.3, -0.25) is 0 Å². The van der Waals surface area contributed by atoms with Gasteiger partial charge in [0.15, 0.2) is 0 Å². The van der Waals surface area contributed by atoms with Crippen LogP contribution >= 0.6 is 0 Å². The van der Waals surface area contributed by atoms with Crippen molar-refractivity contribution in [2.24, 2.45) is 7.05 Å². The molecule has 0 fully saturated rings. The predicted molar refractivity (Wildman–Crippen MR) is 362 cm³/mol. The molecule has 11 aromatic carbocycles. The van der Waals surface area contributed by atoms with Crippen molar-refractivity contribution in [2.45, 2.75) is 70.6 Å². The number of hydrogen-bond donors (Lipinski definition) is 0. The van der Waals surface area contributed by atoms with E-state index in [9.17, 15) is 0 Å². The first-order chi connectivity index (χ1) is 41.9. The van der Waals surface area contributed by atoms with Crippen molar-refractivity contribution < 1.29 is 4.42 Å². The van der Waals surface area contributed by atoms with Crippen molar-refractivity contribution in [3.05, 3.63) is 299 Å². The maximum atomic E-state index is 7.67. The number of para-hydroxylation sites is 2. The molecule has 0 bridgehead atoms. The fourth-order valence-corrected chi connectivity index (χ4v) is 14.9. The second-order valence-corrected chi connectivity index (χ2v) is 26.0. The Morgan fingerprint density at radius 2 is 0.919 bits per heavy atom. The normalized spacial score (nSPS) is 14.1. The molecule has 3 aliphatic rings. The van der Waals surface area contributed by atoms with E-state index >= 15 is 0 Å². The zero-order valence-electron chi connectivity index (χ0n) is 49.9. The highest BCUT2D eigenvalue weighted by molar-refractivity contribution is 6.27. The number of anilines is 5. The summed E-state index contributed by atoms with van der Waals surface area (Å²) in [4.78, 5) is 5.11. The van der Waals surface area contributed by atoms with Crippen LogP contribution in [0.3, 0.4) is 0 Å². The van der Waals surface area contributed by atoms with Crippen LogP contribution in [-0.4, -0.2) is 4.57 Å². The highest BCUT2D eigenvalue weighted by atomic mass is 16.3. The molecule has 13 aromatic rings. The van der Waals surface area contributed by atoms with Crippen LogP contribution in [0.1, 0.15) is 93.3 Å². The Balaban J connectivity index is 1.06. The molecular formula is C82H67N3O. The third kappa shape index (κ3) is 7.75. The van der Waals surface area contributed by atoms with Gasteiger partial charge in [-0.05, 0) is 157 Å². The van der Waals surface area contributed by atoms with E-state index in [1.54, 1.807) is 0 Å². The second kappa shape index (κ2) is 19.3. The molecule has 0 aliphatic heterocycles. The Labute approximate surface area is 504 Å². The summed E-state index contributed by atoms with van der Waals surface area (Å²) < 4.78 is 10.1. The van der Waals surface area contributed by atoms with Gasteiger partial charge in [0, 0.05) is 62.6 Å². The largest absolute Gasteiger partial charge is 0.455 e. The fourth-order valence-electron chi connectivity index (χ4n) is 14.9. The molecule has 16 rings (SSSR count). The van der Waals surface area contributed by atoms with Crippen LogP contribution in [0.25, 0.3) is 82.7 Å². The van der Waals surface area contributed by atoms with Crippen LogP contribution < -0.4 is 9.80 Å². The smallest absolute Gasteiger partial charge is 0.145 e. The third-order valence-corrected chi connectivity index (χ3v) is 19.0. The Hall–Kier alpha value is -9.90. The lowest BCUT2D eigenvalue weighted by Crippen LogP contribution is -2.27. The summed E-state index contributed by atoms with van der Waals surface area (Å²) in [6.07, 6.45) is 6.55. The average Bonchev–Trinajstić information content (AvgIpc) is 1.49. The van der Waals surface area contributed by atoms with E-state index in [1.807, 2.05) is 0 Å². The van der Waals surface area contributed by atoms with Crippen molar-refractivity contribution >= 4 is 77.8 Å². The number of rotatable bonds is 8. The lowest BCUT2D eigenvalue weighted by atomic mass is 9.70. The van der Waals surface area contributed by atoms with Gasteiger partial charge in [-0.1, -0.05) is 230 Å². The lowest BCUT2D eigenvalue weighted by Gasteiger charge is -2.35. The van der Waals surface area contributed by atoms with Gasteiger partial charge in [-0.25, -0.2) is 0 Å². The number of hydrogen-bond acceptors (Lipinski definition) is 3. The molecule has 0 N–H and O–H groups in total. The van der Waals surface area contributed by atoms with E-state index in [0.29, 0.717) is 0 Å². The van der Waals surface area contributed by atoms with E-state index in [-0.39, 0.29) is 10.8 Å². The fraction of sp³-hybridized carbons (Fsp3) is 0.146. The molecule has 2 heterocycles. The molecule has 3 aliphatic carbocycles. The van der Waals surface area contributed by atoms with Crippen LogP contribution in [0.2, 0.25) is 0 Å². The van der Waals surface area contributed by atoms with Crippen molar-refractivity contribution in [3.63, 3.8) is 0 Å². The molecule has 0 saturated carbocycles. The zero-order valence-corrected chi connectivity index (χ0v) is 49.9. The molecule has 0 radical (unpaired) electrons. The second-order valence-electron chi connectivity index (χ2n) is 26.0. The Kier molecular flexibility index (Phi) is 11.6. The van der Waals surface area contributed by atoms with Gasteiger partial charge in [0.1, 0.15) is 11.2 Å². The maximum absolute atomic E-state index is 7.67. The van der Waals surface area contributed by atoms with Gasteiger partial charge in [0.05, 0.1) is 27.7 Å². The van der Waals surface area contributed by atoms with Crippen molar-refractivity contribution in [1.82, 2.24) is 4.57 Å². The number of allylic oxidation sites excluding steroid dienone is 4. The first-order valence-electron chi connectivity index (χ1n) is 30.5. The number of benzene rings is 11. The van der Waals surface area contributed by atoms with Crippen molar-refractivity contribution in [1.29, 1.82) is 0 Å². The number of fused-ring (bicyclic) bond motifs is 18. The Bertz CT molecular complexity index is 4880. The average molecular weight is 1110 g/mol. The van der Waals surface area contributed by atoms with Crippen molar-refractivity contribution in [3.8, 4) is 33.4 Å². The molecule has 0 amide bonds. The number of aryl methyl sites for hydroxylation is 1. The number of furan rings is 1. The molecule has 0 saturated heterocycles. The van der Waals surface area contributed by atoms with E-state index in [2.05, 4.69) is 318 Å².